The molecule has 1 spiro atoms. The summed E-state index contributed by atoms with van der Waals surface area (Å²) in [5.41, 5.74) is 0.938. The summed E-state index contributed by atoms with van der Waals surface area (Å²) >= 11 is 0. The Kier molecular flexibility index (Phi) is 6.71. The number of aromatic nitrogens is 3. The minimum atomic E-state index is -5.08. The van der Waals surface area contributed by atoms with Crippen LogP contribution in [0.2, 0.25) is 0 Å². The molecule has 2 fully saturated rings. The van der Waals surface area contributed by atoms with Crippen molar-refractivity contribution in [2.24, 2.45) is 5.41 Å². The standard InChI is InChI=1S/C18H21N5O.C2HF3O2/c24-16(15-3-1-7-19-13-15)23-12-6-18(14-23)4-10-22(11-5-18)17-20-8-2-9-21-17;3-2(4,5)1(6)7/h1-3,7-9,13H,4-6,10-12,14H2;(H,6,7). The fourth-order valence-corrected chi connectivity index (χ4v) is 3.82. The Bertz CT molecular complexity index is 888. The van der Waals surface area contributed by atoms with Crippen molar-refractivity contribution in [3.05, 3.63) is 48.5 Å². The Morgan fingerprint density at radius 2 is 1.61 bits per heavy atom. The van der Waals surface area contributed by atoms with Gasteiger partial charge in [-0.1, -0.05) is 0 Å². The lowest BCUT2D eigenvalue weighted by Crippen LogP contribution is -2.42. The Morgan fingerprint density at radius 3 is 2.16 bits per heavy atom. The number of carbonyl (C=O) groups excluding carboxylic acids is 1. The molecule has 11 heteroatoms. The highest BCUT2D eigenvalue weighted by atomic mass is 19.4. The van der Waals surface area contributed by atoms with Gasteiger partial charge < -0.3 is 14.9 Å². The van der Waals surface area contributed by atoms with Gasteiger partial charge in [0, 0.05) is 51.0 Å². The van der Waals surface area contributed by atoms with Crippen LogP contribution in [0.25, 0.3) is 0 Å². The minimum Gasteiger partial charge on any atom is -0.475 e. The van der Waals surface area contributed by atoms with Crippen molar-refractivity contribution >= 4 is 17.8 Å². The van der Waals surface area contributed by atoms with E-state index >= 15 is 0 Å². The molecule has 0 aliphatic carbocycles. The van der Waals surface area contributed by atoms with Crippen molar-refractivity contribution in [3.63, 3.8) is 0 Å². The highest BCUT2D eigenvalue weighted by Gasteiger charge is 2.42. The van der Waals surface area contributed by atoms with E-state index in [4.69, 9.17) is 9.90 Å². The van der Waals surface area contributed by atoms with Crippen LogP contribution < -0.4 is 4.90 Å². The first kappa shape index (κ1) is 22.4. The molecule has 1 N–H and O–H groups in total. The van der Waals surface area contributed by atoms with E-state index in [2.05, 4.69) is 19.9 Å². The molecule has 0 unspecified atom stereocenters. The number of likely N-dealkylation sites (tertiary alicyclic amines) is 1. The molecule has 0 radical (unpaired) electrons. The number of hydrogen-bond donors (Lipinski definition) is 1. The molecule has 4 heterocycles. The van der Waals surface area contributed by atoms with Gasteiger partial charge in [-0.25, -0.2) is 14.8 Å². The van der Waals surface area contributed by atoms with E-state index in [-0.39, 0.29) is 11.3 Å². The summed E-state index contributed by atoms with van der Waals surface area (Å²) in [5, 5.41) is 7.12. The topological polar surface area (TPSA) is 99.5 Å². The maximum atomic E-state index is 12.6. The third-order valence-corrected chi connectivity index (χ3v) is 5.54. The van der Waals surface area contributed by atoms with E-state index in [9.17, 15) is 18.0 Å². The SMILES string of the molecule is O=C(O)C(F)(F)F.O=C(c1cccnc1)N1CCC2(CCN(c3ncccn3)CC2)C1. The molecule has 0 atom stereocenters. The number of carboxylic acid groups (broad SMARTS) is 1. The van der Waals surface area contributed by atoms with Gasteiger partial charge in [-0.2, -0.15) is 13.2 Å². The smallest absolute Gasteiger partial charge is 0.475 e. The van der Waals surface area contributed by atoms with Crippen molar-refractivity contribution in [2.75, 3.05) is 31.1 Å². The average molecular weight is 437 g/mol. The second-order valence-corrected chi connectivity index (χ2v) is 7.56. The first-order valence-electron chi connectivity index (χ1n) is 9.72. The summed E-state index contributed by atoms with van der Waals surface area (Å²) in [6.45, 7) is 3.61. The molecule has 8 nitrogen and oxygen atoms in total. The second-order valence-electron chi connectivity index (χ2n) is 7.56. The molecule has 0 aromatic carbocycles. The number of pyridine rings is 1. The molecular formula is C20H22F3N5O3. The van der Waals surface area contributed by atoms with Gasteiger partial charge in [0.2, 0.25) is 5.95 Å². The molecule has 2 aromatic rings. The highest BCUT2D eigenvalue weighted by molar-refractivity contribution is 5.94. The number of nitrogens with zero attached hydrogens (tertiary/aromatic N) is 5. The van der Waals surface area contributed by atoms with E-state index in [0.717, 1.165) is 51.4 Å². The summed E-state index contributed by atoms with van der Waals surface area (Å²) in [6, 6.07) is 5.50. The number of carboxylic acids is 1. The van der Waals surface area contributed by atoms with Crippen molar-refractivity contribution < 1.29 is 27.9 Å². The molecule has 0 saturated carbocycles. The number of anilines is 1. The largest absolute Gasteiger partial charge is 0.490 e. The van der Waals surface area contributed by atoms with Crippen LogP contribution >= 0.6 is 0 Å². The summed E-state index contributed by atoms with van der Waals surface area (Å²) in [4.78, 5) is 38.5. The predicted molar refractivity (Wildman–Crippen MR) is 104 cm³/mol. The number of piperidine rings is 1. The van der Waals surface area contributed by atoms with Gasteiger partial charge in [0.1, 0.15) is 0 Å². The summed E-state index contributed by atoms with van der Waals surface area (Å²) in [5.74, 6) is -1.84. The predicted octanol–water partition coefficient (Wildman–Crippen LogP) is 2.64. The number of halogens is 3. The summed E-state index contributed by atoms with van der Waals surface area (Å²) in [7, 11) is 0. The maximum absolute atomic E-state index is 12.6. The van der Waals surface area contributed by atoms with Crippen molar-refractivity contribution in [2.45, 2.75) is 25.4 Å². The average Bonchev–Trinajstić information content (AvgIpc) is 3.18. The third-order valence-electron chi connectivity index (χ3n) is 5.54. The quantitative estimate of drug-likeness (QED) is 0.771. The molecule has 4 rings (SSSR count). The number of aliphatic carboxylic acids is 1. The van der Waals surface area contributed by atoms with E-state index in [1.807, 2.05) is 23.1 Å². The molecular weight excluding hydrogens is 415 g/mol. The lowest BCUT2D eigenvalue weighted by atomic mass is 9.78. The zero-order chi connectivity index (χ0) is 22.5. The van der Waals surface area contributed by atoms with Gasteiger partial charge in [-0.15, -0.1) is 0 Å². The first-order valence-corrected chi connectivity index (χ1v) is 9.72. The minimum absolute atomic E-state index is 0.105. The molecule has 1 amide bonds. The Morgan fingerprint density at radius 1 is 1.00 bits per heavy atom. The summed E-state index contributed by atoms with van der Waals surface area (Å²) < 4.78 is 31.7. The molecule has 0 bridgehead atoms. The Labute approximate surface area is 176 Å². The Hall–Kier alpha value is -3.24. The molecule has 2 aliphatic rings. The third kappa shape index (κ3) is 5.68. The van der Waals surface area contributed by atoms with Crippen LogP contribution in [0.1, 0.15) is 29.6 Å². The monoisotopic (exact) mass is 437 g/mol. The molecule has 2 aliphatic heterocycles. The van der Waals surface area contributed by atoms with Gasteiger partial charge in [0.15, 0.2) is 0 Å². The van der Waals surface area contributed by atoms with Gasteiger partial charge in [-0.3, -0.25) is 9.78 Å². The zero-order valence-electron chi connectivity index (χ0n) is 16.6. The highest BCUT2D eigenvalue weighted by Crippen LogP contribution is 2.41. The fourth-order valence-electron chi connectivity index (χ4n) is 3.82. The molecule has 2 aromatic heterocycles. The van der Waals surface area contributed by atoms with E-state index < -0.39 is 12.1 Å². The van der Waals surface area contributed by atoms with Crippen molar-refractivity contribution in [1.29, 1.82) is 0 Å². The van der Waals surface area contributed by atoms with Gasteiger partial charge in [0.25, 0.3) is 5.91 Å². The van der Waals surface area contributed by atoms with Crippen molar-refractivity contribution in [3.8, 4) is 0 Å². The van der Waals surface area contributed by atoms with Gasteiger partial charge >= 0.3 is 12.1 Å². The Balaban J connectivity index is 0.000000339. The molecule has 2 saturated heterocycles. The normalized spacial score (nSPS) is 17.8. The van der Waals surface area contributed by atoms with Crippen LogP contribution in [0.5, 0.6) is 0 Å². The fraction of sp³-hybridized carbons (Fsp3) is 0.450. The number of alkyl halides is 3. The van der Waals surface area contributed by atoms with E-state index in [0.29, 0.717) is 5.56 Å². The van der Waals surface area contributed by atoms with Crippen LogP contribution in [0.4, 0.5) is 19.1 Å². The number of hydrogen-bond acceptors (Lipinski definition) is 6. The van der Waals surface area contributed by atoms with E-state index in [1.54, 1.807) is 24.8 Å². The van der Waals surface area contributed by atoms with Crippen LogP contribution in [0.3, 0.4) is 0 Å². The van der Waals surface area contributed by atoms with Crippen molar-refractivity contribution in [1.82, 2.24) is 19.9 Å². The lowest BCUT2D eigenvalue weighted by molar-refractivity contribution is -0.192. The van der Waals surface area contributed by atoms with Gasteiger partial charge in [0.05, 0.1) is 5.56 Å². The second kappa shape index (κ2) is 9.27. The number of carbonyl (C=O) groups is 2. The number of rotatable bonds is 2. The molecule has 166 valence electrons. The summed E-state index contributed by atoms with van der Waals surface area (Å²) in [6.07, 6.45) is 5.10. The van der Waals surface area contributed by atoms with Crippen LogP contribution in [-0.4, -0.2) is 69.2 Å². The lowest BCUT2D eigenvalue weighted by Gasteiger charge is -2.39. The maximum Gasteiger partial charge on any atom is 0.490 e. The van der Waals surface area contributed by atoms with Crippen LogP contribution in [0.15, 0.2) is 43.0 Å². The van der Waals surface area contributed by atoms with Gasteiger partial charge in [-0.05, 0) is 42.9 Å². The van der Waals surface area contributed by atoms with Crippen LogP contribution in [-0.2, 0) is 4.79 Å². The first-order chi connectivity index (χ1) is 14.7. The van der Waals surface area contributed by atoms with Crippen LogP contribution in [0, 0.1) is 5.41 Å². The zero-order valence-corrected chi connectivity index (χ0v) is 16.6. The molecule has 31 heavy (non-hydrogen) atoms. The number of amides is 1. The van der Waals surface area contributed by atoms with E-state index in [1.165, 1.54) is 0 Å².